The van der Waals surface area contributed by atoms with E-state index in [0.717, 1.165) is 11.4 Å². The van der Waals surface area contributed by atoms with Gasteiger partial charge in [0.05, 0.1) is 4.88 Å². The van der Waals surface area contributed by atoms with Gasteiger partial charge in [-0.1, -0.05) is 13.0 Å². The first-order valence-corrected chi connectivity index (χ1v) is 5.65. The summed E-state index contributed by atoms with van der Waals surface area (Å²) in [6.45, 7) is 3.57. The van der Waals surface area contributed by atoms with Crippen molar-refractivity contribution in [3.63, 3.8) is 0 Å². The van der Waals surface area contributed by atoms with E-state index < -0.39 is 0 Å². The number of nitrogens with two attached hydrogens (primary N) is 1. The van der Waals surface area contributed by atoms with Gasteiger partial charge in [-0.15, -0.1) is 11.3 Å². The van der Waals surface area contributed by atoms with Crippen LogP contribution in [0.15, 0.2) is 17.5 Å². The van der Waals surface area contributed by atoms with Crippen LogP contribution in [0.25, 0.3) is 0 Å². The predicted molar refractivity (Wildman–Crippen MR) is 57.4 cm³/mol. The molecule has 76 valence electrons. The van der Waals surface area contributed by atoms with Gasteiger partial charge in [0.1, 0.15) is 0 Å². The van der Waals surface area contributed by atoms with Crippen molar-refractivity contribution >= 4 is 17.2 Å². The highest BCUT2D eigenvalue weighted by Crippen LogP contribution is 2.19. The Balaban J connectivity index is 2.07. The summed E-state index contributed by atoms with van der Waals surface area (Å²) in [5, 5.41) is 1.92. The molecular weight excluding hydrogens is 196 g/mol. The van der Waals surface area contributed by atoms with Crippen LogP contribution in [-0.2, 0) is 0 Å². The predicted octanol–water partition coefficient (Wildman–Crippen LogP) is 1.17. The van der Waals surface area contributed by atoms with E-state index in [4.69, 9.17) is 5.73 Å². The molecule has 1 amide bonds. The van der Waals surface area contributed by atoms with Gasteiger partial charge in [-0.05, 0) is 17.4 Å². The number of hydrogen-bond donors (Lipinski definition) is 1. The molecule has 14 heavy (non-hydrogen) atoms. The Morgan fingerprint density at radius 1 is 1.64 bits per heavy atom. The number of rotatable bonds is 1. The molecule has 2 unspecified atom stereocenters. The molecule has 4 heteroatoms. The lowest BCUT2D eigenvalue weighted by Crippen LogP contribution is -2.31. The number of nitrogens with zero attached hydrogens (tertiary/aromatic N) is 1. The molecule has 2 rings (SSSR count). The van der Waals surface area contributed by atoms with Crippen LogP contribution in [0.3, 0.4) is 0 Å². The topological polar surface area (TPSA) is 46.3 Å². The lowest BCUT2D eigenvalue weighted by atomic mass is 10.1. The average Bonchev–Trinajstić information content (AvgIpc) is 2.76. The third-order valence-electron chi connectivity index (χ3n) is 2.69. The molecule has 0 bridgehead atoms. The molecule has 1 aromatic heterocycles. The van der Waals surface area contributed by atoms with Gasteiger partial charge in [-0.25, -0.2) is 0 Å². The molecule has 0 radical (unpaired) electrons. The highest BCUT2D eigenvalue weighted by atomic mass is 32.1. The van der Waals surface area contributed by atoms with Crippen molar-refractivity contribution in [2.45, 2.75) is 13.0 Å². The van der Waals surface area contributed by atoms with Crippen LogP contribution in [-0.4, -0.2) is 29.9 Å². The number of hydrogen-bond acceptors (Lipinski definition) is 3. The normalized spacial score (nSPS) is 26.9. The van der Waals surface area contributed by atoms with Gasteiger partial charge in [0, 0.05) is 19.1 Å². The van der Waals surface area contributed by atoms with Crippen LogP contribution in [0.5, 0.6) is 0 Å². The fraction of sp³-hybridized carbons (Fsp3) is 0.500. The Kier molecular flexibility index (Phi) is 2.56. The van der Waals surface area contributed by atoms with Crippen molar-refractivity contribution < 1.29 is 4.79 Å². The Labute approximate surface area is 87.5 Å². The first-order valence-electron chi connectivity index (χ1n) is 4.77. The van der Waals surface area contributed by atoms with E-state index in [2.05, 4.69) is 6.92 Å². The smallest absolute Gasteiger partial charge is 0.263 e. The lowest BCUT2D eigenvalue weighted by Gasteiger charge is -2.14. The van der Waals surface area contributed by atoms with Crippen LogP contribution in [0.2, 0.25) is 0 Å². The van der Waals surface area contributed by atoms with Gasteiger partial charge in [0.15, 0.2) is 0 Å². The number of amides is 1. The summed E-state index contributed by atoms with van der Waals surface area (Å²) in [5.41, 5.74) is 5.87. The van der Waals surface area contributed by atoms with Crippen molar-refractivity contribution in [2.24, 2.45) is 11.7 Å². The van der Waals surface area contributed by atoms with E-state index >= 15 is 0 Å². The molecule has 3 nitrogen and oxygen atoms in total. The fourth-order valence-corrected chi connectivity index (χ4v) is 2.40. The first kappa shape index (κ1) is 9.68. The van der Waals surface area contributed by atoms with Gasteiger partial charge in [-0.2, -0.15) is 0 Å². The SMILES string of the molecule is CC1CN(C(=O)c2cccs2)CC1N. The van der Waals surface area contributed by atoms with Crippen molar-refractivity contribution in [3.05, 3.63) is 22.4 Å². The monoisotopic (exact) mass is 210 g/mol. The van der Waals surface area contributed by atoms with Crippen molar-refractivity contribution in [2.75, 3.05) is 13.1 Å². The number of carbonyl (C=O) groups excluding carboxylic acids is 1. The molecule has 1 aliphatic heterocycles. The summed E-state index contributed by atoms with van der Waals surface area (Å²) in [7, 11) is 0. The van der Waals surface area contributed by atoms with E-state index in [1.807, 2.05) is 22.4 Å². The van der Waals surface area contributed by atoms with E-state index in [9.17, 15) is 4.79 Å². The summed E-state index contributed by atoms with van der Waals surface area (Å²) >= 11 is 1.49. The first-order chi connectivity index (χ1) is 6.68. The minimum atomic E-state index is 0.125. The Hall–Kier alpha value is -0.870. The highest BCUT2D eigenvalue weighted by Gasteiger charge is 2.30. The van der Waals surface area contributed by atoms with Crippen LogP contribution in [0.1, 0.15) is 16.6 Å². The largest absolute Gasteiger partial charge is 0.336 e. The number of thiophene rings is 1. The zero-order valence-electron chi connectivity index (χ0n) is 8.14. The summed E-state index contributed by atoms with van der Waals surface area (Å²) in [6, 6.07) is 3.90. The van der Waals surface area contributed by atoms with Gasteiger partial charge >= 0.3 is 0 Å². The van der Waals surface area contributed by atoms with Gasteiger partial charge in [0.25, 0.3) is 5.91 Å². The van der Waals surface area contributed by atoms with Crippen LogP contribution < -0.4 is 5.73 Å². The van der Waals surface area contributed by atoms with Gasteiger partial charge in [-0.3, -0.25) is 4.79 Å². The maximum Gasteiger partial charge on any atom is 0.263 e. The molecule has 1 aliphatic rings. The average molecular weight is 210 g/mol. The minimum absolute atomic E-state index is 0.125. The summed E-state index contributed by atoms with van der Waals surface area (Å²) < 4.78 is 0. The second-order valence-corrected chi connectivity index (χ2v) is 4.78. The van der Waals surface area contributed by atoms with Gasteiger partial charge in [0.2, 0.25) is 0 Å². The maximum absolute atomic E-state index is 11.9. The standard InChI is InChI=1S/C10H14N2OS/c1-7-5-12(6-8(7)11)10(13)9-3-2-4-14-9/h2-4,7-8H,5-6,11H2,1H3. The summed E-state index contributed by atoms with van der Waals surface area (Å²) in [5.74, 6) is 0.540. The second kappa shape index (κ2) is 3.71. The molecule has 2 heterocycles. The summed E-state index contributed by atoms with van der Waals surface area (Å²) in [6.07, 6.45) is 0. The fourth-order valence-electron chi connectivity index (χ4n) is 1.71. The molecule has 1 saturated heterocycles. The van der Waals surface area contributed by atoms with Crippen LogP contribution in [0.4, 0.5) is 0 Å². The number of carbonyl (C=O) groups is 1. The van der Waals surface area contributed by atoms with Crippen molar-refractivity contribution in [3.8, 4) is 0 Å². The zero-order chi connectivity index (χ0) is 10.1. The van der Waals surface area contributed by atoms with E-state index in [0.29, 0.717) is 12.5 Å². The van der Waals surface area contributed by atoms with Crippen LogP contribution in [0, 0.1) is 5.92 Å². The Morgan fingerprint density at radius 2 is 2.43 bits per heavy atom. The third kappa shape index (κ3) is 1.67. The lowest BCUT2D eigenvalue weighted by molar-refractivity contribution is 0.0791. The molecule has 0 saturated carbocycles. The van der Waals surface area contributed by atoms with Crippen molar-refractivity contribution in [1.29, 1.82) is 0 Å². The summed E-state index contributed by atoms with van der Waals surface area (Å²) in [4.78, 5) is 14.5. The second-order valence-electron chi connectivity index (χ2n) is 3.83. The van der Waals surface area contributed by atoms with E-state index in [-0.39, 0.29) is 11.9 Å². The Morgan fingerprint density at radius 3 is 2.93 bits per heavy atom. The maximum atomic E-state index is 11.9. The molecule has 2 N–H and O–H groups in total. The highest BCUT2D eigenvalue weighted by molar-refractivity contribution is 7.12. The molecule has 0 aromatic carbocycles. The van der Waals surface area contributed by atoms with E-state index in [1.165, 1.54) is 11.3 Å². The van der Waals surface area contributed by atoms with Crippen LogP contribution >= 0.6 is 11.3 Å². The number of likely N-dealkylation sites (tertiary alicyclic amines) is 1. The molecule has 1 fully saturated rings. The van der Waals surface area contributed by atoms with E-state index in [1.54, 1.807) is 0 Å². The Bertz CT molecular complexity index is 313. The zero-order valence-corrected chi connectivity index (χ0v) is 8.96. The van der Waals surface area contributed by atoms with Gasteiger partial charge < -0.3 is 10.6 Å². The molecule has 0 aliphatic carbocycles. The third-order valence-corrected chi connectivity index (χ3v) is 3.55. The quantitative estimate of drug-likeness (QED) is 0.756. The van der Waals surface area contributed by atoms with Crippen molar-refractivity contribution in [1.82, 2.24) is 4.90 Å². The molecule has 0 spiro atoms. The minimum Gasteiger partial charge on any atom is -0.336 e. The molecular formula is C10H14N2OS. The molecule has 2 atom stereocenters. The molecule has 1 aromatic rings.